The first kappa shape index (κ1) is 18.9. The molecule has 1 heterocycles. The number of carbonyl (C=O) groups excluding carboxylic acids is 1. The number of ether oxygens (including phenoxy) is 1. The monoisotopic (exact) mass is 416 g/mol. The Morgan fingerprint density at radius 2 is 1.81 bits per heavy atom. The Morgan fingerprint density at radius 1 is 1.08 bits per heavy atom. The van der Waals surface area contributed by atoms with Crippen LogP contribution in [-0.4, -0.2) is 48.5 Å². The molecule has 3 rings (SSSR count). The molecule has 0 spiro atoms. The molecule has 1 fully saturated rings. The third kappa shape index (κ3) is 4.86. The summed E-state index contributed by atoms with van der Waals surface area (Å²) in [5.74, 6) is 0.878. The lowest BCUT2D eigenvalue weighted by molar-refractivity contribution is 0.0628. The van der Waals surface area contributed by atoms with Gasteiger partial charge < -0.3 is 9.64 Å². The minimum absolute atomic E-state index is 0.0899. The van der Waals surface area contributed by atoms with Crippen LogP contribution in [0.2, 0.25) is 0 Å². The highest BCUT2D eigenvalue weighted by Gasteiger charge is 2.22. The van der Waals surface area contributed by atoms with Gasteiger partial charge in [-0.15, -0.1) is 0 Å². The lowest BCUT2D eigenvalue weighted by Crippen LogP contribution is -2.48. The van der Waals surface area contributed by atoms with E-state index < -0.39 is 0 Å². The third-order valence-electron chi connectivity index (χ3n) is 4.55. The highest BCUT2D eigenvalue weighted by atomic mass is 79.9. The zero-order chi connectivity index (χ0) is 18.4. The summed E-state index contributed by atoms with van der Waals surface area (Å²) in [7, 11) is 0. The smallest absolute Gasteiger partial charge is 0.253 e. The van der Waals surface area contributed by atoms with Crippen molar-refractivity contribution in [3.63, 3.8) is 0 Å². The van der Waals surface area contributed by atoms with Crippen molar-refractivity contribution in [1.82, 2.24) is 9.80 Å². The first-order chi connectivity index (χ1) is 12.7. The molecular weight excluding hydrogens is 392 g/mol. The second kappa shape index (κ2) is 9.19. The molecule has 0 radical (unpaired) electrons. The van der Waals surface area contributed by atoms with Gasteiger partial charge in [0, 0.05) is 38.3 Å². The Hall–Kier alpha value is -1.85. The van der Waals surface area contributed by atoms with Crippen molar-refractivity contribution < 1.29 is 9.53 Å². The van der Waals surface area contributed by atoms with E-state index in [2.05, 4.69) is 52.0 Å². The fourth-order valence-electron chi connectivity index (χ4n) is 3.10. The average molecular weight is 417 g/mol. The number of amides is 1. The number of benzene rings is 2. The Bertz CT molecular complexity index is 728. The number of piperazine rings is 1. The van der Waals surface area contributed by atoms with Gasteiger partial charge >= 0.3 is 0 Å². The molecular formula is C21H25BrN2O2. The molecule has 0 N–H and O–H groups in total. The van der Waals surface area contributed by atoms with Gasteiger partial charge in [0.2, 0.25) is 0 Å². The summed E-state index contributed by atoms with van der Waals surface area (Å²) in [5.41, 5.74) is 2.02. The minimum Gasteiger partial charge on any atom is -0.492 e. The molecule has 5 heteroatoms. The van der Waals surface area contributed by atoms with Crippen LogP contribution in [0.5, 0.6) is 5.75 Å². The summed E-state index contributed by atoms with van der Waals surface area (Å²) >= 11 is 3.51. The predicted octanol–water partition coefficient (Wildman–Crippen LogP) is 4.20. The van der Waals surface area contributed by atoms with Gasteiger partial charge in [-0.2, -0.15) is 0 Å². The molecule has 0 aliphatic carbocycles. The maximum atomic E-state index is 12.8. The second-order valence-corrected chi connectivity index (χ2v) is 7.40. The number of rotatable bonds is 6. The van der Waals surface area contributed by atoms with Gasteiger partial charge in [0.15, 0.2) is 0 Å². The number of hydrogen-bond acceptors (Lipinski definition) is 3. The van der Waals surface area contributed by atoms with E-state index in [9.17, 15) is 4.79 Å². The van der Waals surface area contributed by atoms with Gasteiger partial charge in [0.05, 0.1) is 11.1 Å². The molecule has 1 aliphatic rings. The number of hydrogen-bond donors (Lipinski definition) is 0. The van der Waals surface area contributed by atoms with Gasteiger partial charge in [-0.25, -0.2) is 0 Å². The van der Waals surface area contributed by atoms with Gasteiger partial charge in [-0.3, -0.25) is 9.69 Å². The van der Waals surface area contributed by atoms with E-state index in [0.29, 0.717) is 12.2 Å². The van der Waals surface area contributed by atoms with Crippen molar-refractivity contribution in [3.05, 3.63) is 64.1 Å². The molecule has 1 saturated heterocycles. The van der Waals surface area contributed by atoms with Crippen molar-refractivity contribution in [2.75, 3.05) is 32.8 Å². The highest BCUT2D eigenvalue weighted by Crippen LogP contribution is 2.27. The zero-order valence-corrected chi connectivity index (χ0v) is 16.7. The summed E-state index contributed by atoms with van der Waals surface area (Å²) in [5, 5.41) is 0. The molecule has 1 amide bonds. The zero-order valence-electron chi connectivity index (χ0n) is 15.2. The van der Waals surface area contributed by atoms with E-state index in [4.69, 9.17) is 4.74 Å². The topological polar surface area (TPSA) is 32.8 Å². The third-order valence-corrected chi connectivity index (χ3v) is 5.17. The van der Waals surface area contributed by atoms with Crippen molar-refractivity contribution in [2.24, 2.45) is 0 Å². The summed E-state index contributed by atoms with van der Waals surface area (Å²) in [6.07, 6.45) is 0.959. The molecule has 0 atom stereocenters. The average Bonchev–Trinajstić information content (AvgIpc) is 2.68. The van der Waals surface area contributed by atoms with E-state index in [1.165, 1.54) is 5.56 Å². The van der Waals surface area contributed by atoms with Crippen LogP contribution in [0.3, 0.4) is 0 Å². The molecule has 0 aromatic heterocycles. The van der Waals surface area contributed by atoms with Crippen molar-refractivity contribution in [1.29, 1.82) is 0 Å². The summed E-state index contributed by atoms with van der Waals surface area (Å²) in [6, 6.07) is 16.1. The first-order valence-corrected chi connectivity index (χ1v) is 9.94. The van der Waals surface area contributed by atoms with Crippen LogP contribution < -0.4 is 4.74 Å². The summed E-state index contributed by atoms with van der Waals surface area (Å²) in [6.45, 7) is 7.02. The number of nitrogens with zero attached hydrogens (tertiary/aromatic N) is 2. The Kier molecular flexibility index (Phi) is 6.69. The molecule has 0 bridgehead atoms. The summed E-state index contributed by atoms with van der Waals surface area (Å²) in [4.78, 5) is 17.1. The lowest BCUT2D eigenvalue weighted by atomic mass is 10.1. The SMILES string of the molecule is CCCOc1ccc(C(=O)N2CCN(Cc3ccccc3)CC2)cc1Br. The van der Waals surface area contributed by atoms with Crippen LogP contribution in [0.1, 0.15) is 29.3 Å². The molecule has 26 heavy (non-hydrogen) atoms. The van der Waals surface area contributed by atoms with Gasteiger partial charge in [0.1, 0.15) is 5.75 Å². The van der Waals surface area contributed by atoms with Gasteiger partial charge in [0.25, 0.3) is 5.91 Å². The van der Waals surface area contributed by atoms with E-state index in [1.807, 2.05) is 29.2 Å². The van der Waals surface area contributed by atoms with Crippen LogP contribution in [0.15, 0.2) is 53.0 Å². The van der Waals surface area contributed by atoms with Gasteiger partial charge in [-0.05, 0) is 46.1 Å². The van der Waals surface area contributed by atoms with Crippen molar-refractivity contribution in [2.45, 2.75) is 19.9 Å². The molecule has 138 valence electrons. The molecule has 0 saturated carbocycles. The normalized spacial score (nSPS) is 15.1. The standard InChI is InChI=1S/C21H25BrN2O2/c1-2-14-26-20-9-8-18(15-19(20)22)21(25)24-12-10-23(11-13-24)16-17-6-4-3-5-7-17/h3-9,15H,2,10-14,16H2,1H3. The molecule has 0 unspecified atom stereocenters. The minimum atomic E-state index is 0.0899. The lowest BCUT2D eigenvalue weighted by Gasteiger charge is -2.34. The fourth-order valence-corrected chi connectivity index (χ4v) is 3.59. The van der Waals surface area contributed by atoms with E-state index >= 15 is 0 Å². The van der Waals surface area contributed by atoms with Crippen molar-refractivity contribution in [3.8, 4) is 5.75 Å². The molecule has 4 nitrogen and oxygen atoms in total. The van der Waals surface area contributed by atoms with Crippen LogP contribution in [0, 0.1) is 0 Å². The van der Waals surface area contributed by atoms with E-state index in [1.54, 1.807) is 0 Å². The van der Waals surface area contributed by atoms with E-state index in [-0.39, 0.29) is 5.91 Å². The Balaban J connectivity index is 1.55. The predicted molar refractivity (Wildman–Crippen MR) is 108 cm³/mol. The van der Waals surface area contributed by atoms with Crippen LogP contribution in [0.25, 0.3) is 0 Å². The summed E-state index contributed by atoms with van der Waals surface area (Å²) < 4.78 is 6.49. The first-order valence-electron chi connectivity index (χ1n) is 9.15. The molecule has 2 aromatic carbocycles. The number of halogens is 1. The van der Waals surface area contributed by atoms with Crippen LogP contribution in [0.4, 0.5) is 0 Å². The van der Waals surface area contributed by atoms with Crippen LogP contribution in [-0.2, 0) is 6.54 Å². The van der Waals surface area contributed by atoms with Crippen LogP contribution >= 0.6 is 15.9 Å². The highest BCUT2D eigenvalue weighted by molar-refractivity contribution is 9.10. The Morgan fingerprint density at radius 3 is 2.46 bits per heavy atom. The largest absolute Gasteiger partial charge is 0.492 e. The quantitative estimate of drug-likeness (QED) is 0.707. The molecule has 1 aliphatic heterocycles. The maximum Gasteiger partial charge on any atom is 0.253 e. The number of carbonyl (C=O) groups is 1. The van der Waals surface area contributed by atoms with Crippen molar-refractivity contribution >= 4 is 21.8 Å². The Labute approximate surface area is 163 Å². The van der Waals surface area contributed by atoms with Gasteiger partial charge in [-0.1, -0.05) is 37.3 Å². The maximum absolute atomic E-state index is 12.8. The van der Waals surface area contributed by atoms with E-state index in [0.717, 1.165) is 49.4 Å². The molecule has 2 aromatic rings. The second-order valence-electron chi connectivity index (χ2n) is 6.55. The fraction of sp³-hybridized carbons (Fsp3) is 0.381.